The van der Waals surface area contributed by atoms with Crippen molar-refractivity contribution in [2.45, 2.75) is 18.8 Å². The molecule has 0 saturated heterocycles. The van der Waals surface area contributed by atoms with Crippen LogP contribution in [0, 0.1) is 21.4 Å². The molecule has 0 aliphatic rings. The lowest BCUT2D eigenvalue weighted by Gasteiger charge is -2.20. The molecule has 0 fully saturated rings. The Morgan fingerprint density at radius 3 is 2.52 bits per heavy atom. The number of carboxylic acids is 1. The Labute approximate surface area is 119 Å². The summed E-state index contributed by atoms with van der Waals surface area (Å²) < 4.78 is 4.49. The van der Waals surface area contributed by atoms with Crippen LogP contribution in [0.15, 0.2) is 18.2 Å². The number of benzene rings is 1. The minimum Gasteiger partial charge on any atom is -0.480 e. The Kier molecular flexibility index (Phi) is 4.60. The molecule has 0 bridgehead atoms. The Morgan fingerprint density at radius 2 is 2.14 bits per heavy atom. The molecule has 0 aliphatic carbocycles. The molecule has 8 heteroatoms. The molecule has 1 N–H and O–H groups in total. The third-order valence-electron chi connectivity index (χ3n) is 3.16. The van der Waals surface area contributed by atoms with Gasteiger partial charge in [0.2, 0.25) is 0 Å². The number of aliphatic carboxylic acids is 1. The number of carboxylic acid groups (broad SMARTS) is 1. The third kappa shape index (κ3) is 2.67. The van der Waals surface area contributed by atoms with Gasteiger partial charge < -0.3 is 9.84 Å². The van der Waals surface area contributed by atoms with E-state index in [-0.39, 0.29) is 17.5 Å². The zero-order chi connectivity index (χ0) is 16.2. The minimum absolute atomic E-state index is 0.0626. The zero-order valence-electron chi connectivity index (χ0n) is 11.3. The van der Waals surface area contributed by atoms with Crippen LogP contribution in [-0.2, 0) is 14.9 Å². The molecule has 8 nitrogen and oxygen atoms in total. The number of nitriles is 1. The molecule has 21 heavy (non-hydrogen) atoms. The summed E-state index contributed by atoms with van der Waals surface area (Å²) >= 11 is 0. The molecule has 0 amide bonds. The number of nitro benzene ring substituents is 1. The maximum Gasteiger partial charge on any atom is 0.337 e. The Balaban J connectivity index is 3.71. The van der Waals surface area contributed by atoms with Crippen molar-refractivity contribution in [2.24, 2.45) is 0 Å². The van der Waals surface area contributed by atoms with Crippen molar-refractivity contribution in [3.63, 3.8) is 0 Å². The molecule has 0 spiro atoms. The summed E-state index contributed by atoms with van der Waals surface area (Å²) in [6.45, 7) is 1.42. The topological polar surface area (TPSA) is 131 Å². The molecular formula is C13H12N2O6. The maximum atomic E-state index is 11.5. The number of hydrogen-bond acceptors (Lipinski definition) is 6. The van der Waals surface area contributed by atoms with Crippen LogP contribution in [0.25, 0.3) is 0 Å². The SMILES string of the molecule is CCC(C#N)(C(=O)O)c1cc(C(=O)OC)ccc1[N+](=O)[O-]. The Morgan fingerprint density at radius 1 is 1.52 bits per heavy atom. The van der Waals surface area contributed by atoms with Gasteiger partial charge in [0.05, 0.1) is 29.2 Å². The van der Waals surface area contributed by atoms with Crippen LogP contribution < -0.4 is 0 Å². The van der Waals surface area contributed by atoms with Gasteiger partial charge in [-0.3, -0.25) is 14.9 Å². The molecule has 0 heterocycles. The highest BCUT2D eigenvalue weighted by molar-refractivity contribution is 5.92. The quantitative estimate of drug-likeness (QED) is 0.495. The van der Waals surface area contributed by atoms with E-state index in [0.717, 1.165) is 25.3 Å². The van der Waals surface area contributed by atoms with Gasteiger partial charge in [0.1, 0.15) is 0 Å². The van der Waals surface area contributed by atoms with Crippen LogP contribution in [0.5, 0.6) is 0 Å². The fourth-order valence-corrected chi connectivity index (χ4v) is 1.93. The standard InChI is InChI=1S/C13H12N2O6/c1-3-13(7-14,12(17)18)9-6-8(11(16)21-2)4-5-10(9)15(19)20/h4-6H,3H2,1-2H3,(H,17,18). The molecule has 0 aromatic heterocycles. The highest BCUT2D eigenvalue weighted by atomic mass is 16.6. The average molecular weight is 292 g/mol. The largest absolute Gasteiger partial charge is 0.480 e. The fourth-order valence-electron chi connectivity index (χ4n) is 1.93. The first-order chi connectivity index (χ1) is 9.83. The fraction of sp³-hybridized carbons (Fsp3) is 0.308. The molecule has 1 aromatic rings. The van der Waals surface area contributed by atoms with E-state index >= 15 is 0 Å². The maximum absolute atomic E-state index is 11.5. The number of nitrogens with zero attached hydrogens (tertiary/aromatic N) is 2. The van der Waals surface area contributed by atoms with E-state index in [1.165, 1.54) is 6.92 Å². The van der Waals surface area contributed by atoms with E-state index in [9.17, 15) is 30.1 Å². The first-order valence-corrected chi connectivity index (χ1v) is 5.86. The number of rotatable bonds is 5. The van der Waals surface area contributed by atoms with Crippen molar-refractivity contribution in [1.29, 1.82) is 5.26 Å². The summed E-state index contributed by atoms with van der Waals surface area (Å²) in [5.74, 6) is -2.29. The summed E-state index contributed by atoms with van der Waals surface area (Å²) in [5, 5.41) is 29.6. The number of methoxy groups -OCH3 is 1. The zero-order valence-corrected chi connectivity index (χ0v) is 11.3. The second-order valence-electron chi connectivity index (χ2n) is 4.16. The molecule has 1 unspecified atom stereocenters. The normalized spacial score (nSPS) is 12.8. The van der Waals surface area contributed by atoms with Gasteiger partial charge >= 0.3 is 11.9 Å². The van der Waals surface area contributed by atoms with Crippen molar-refractivity contribution >= 4 is 17.6 Å². The van der Waals surface area contributed by atoms with Gasteiger partial charge in [-0.15, -0.1) is 0 Å². The predicted octanol–water partition coefficient (Wildman–Crippen LogP) is 1.64. The van der Waals surface area contributed by atoms with E-state index in [4.69, 9.17) is 0 Å². The Bertz CT molecular complexity index is 649. The monoisotopic (exact) mass is 292 g/mol. The summed E-state index contributed by atoms with van der Waals surface area (Å²) in [7, 11) is 1.12. The second kappa shape index (κ2) is 6.00. The smallest absolute Gasteiger partial charge is 0.337 e. The molecule has 1 atom stereocenters. The van der Waals surface area contributed by atoms with Crippen LogP contribution in [0.1, 0.15) is 29.3 Å². The number of esters is 1. The van der Waals surface area contributed by atoms with E-state index in [1.807, 2.05) is 0 Å². The lowest BCUT2D eigenvalue weighted by molar-refractivity contribution is -0.385. The van der Waals surface area contributed by atoms with E-state index in [1.54, 1.807) is 6.07 Å². The second-order valence-corrected chi connectivity index (χ2v) is 4.16. The summed E-state index contributed by atoms with van der Waals surface area (Å²) in [4.78, 5) is 33.2. The lowest BCUT2D eigenvalue weighted by Crippen LogP contribution is -2.34. The van der Waals surface area contributed by atoms with E-state index in [0.29, 0.717) is 0 Å². The molecule has 0 aliphatic heterocycles. The number of nitro groups is 1. The van der Waals surface area contributed by atoms with Gasteiger partial charge in [-0.1, -0.05) is 6.92 Å². The number of hydrogen-bond donors (Lipinski definition) is 1. The highest BCUT2D eigenvalue weighted by Crippen LogP contribution is 2.35. The van der Waals surface area contributed by atoms with Gasteiger partial charge in [0.15, 0.2) is 5.41 Å². The van der Waals surface area contributed by atoms with Crippen molar-refractivity contribution in [3.8, 4) is 6.07 Å². The molecule has 110 valence electrons. The number of carbonyl (C=O) groups is 2. The van der Waals surface area contributed by atoms with Crippen LogP contribution in [0.4, 0.5) is 5.69 Å². The van der Waals surface area contributed by atoms with Gasteiger partial charge in [-0.05, 0) is 18.6 Å². The molecule has 0 radical (unpaired) electrons. The number of carbonyl (C=O) groups excluding carboxylic acids is 1. The highest BCUT2D eigenvalue weighted by Gasteiger charge is 2.44. The average Bonchev–Trinajstić information content (AvgIpc) is 2.47. The van der Waals surface area contributed by atoms with Crippen LogP contribution >= 0.6 is 0 Å². The van der Waals surface area contributed by atoms with Crippen molar-refractivity contribution in [3.05, 3.63) is 39.4 Å². The predicted molar refractivity (Wildman–Crippen MR) is 69.7 cm³/mol. The minimum atomic E-state index is -2.10. The van der Waals surface area contributed by atoms with Crippen LogP contribution in [0.2, 0.25) is 0 Å². The summed E-state index contributed by atoms with van der Waals surface area (Å²) in [5.41, 5.74) is -3.04. The molecular weight excluding hydrogens is 280 g/mol. The van der Waals surface area contributed by atoms with Crippen molar-refractivity contribution < 1.29 is 24.4 Å². The van der Waals surface area contributed by atoms with Gasteiger partial charge in [-0.2, -0.15) is 5.26 Å². The van der Waals surface area contributed by atoms with Crippen molar-refractivity contribution in [2.75, 3.05) is 7.11 Å². The Hall–Kier alpha value is -2.95. The van der Waals surface area contributed by atoms with E-state index < -0.39 is 28.0 Å². The summed E-state index contributed by atoms with van der Waals surface area (Å²) in [6, 6.07) is 4.76. The first kappa shape index (κ1) is 16.1. The lowest BCUT2D eigenvalue weighted by atomic mass is 9.78. The first-order valence-electron chi connectivity index (χ1n) is 5.86. The van der Waals surface area contributed by atoms with Crippen LogP contribution in [0.3, 0.4) is 0 Å². The third-order valence-corrected chi connectivity index (χ3v) is 3.16. The van der Waals surface area contributed by atoms with Gasteiger partial charge in [0.25, 0.3) is 5.69 Å². The molecule has 0 saturated carbocycles. The molecule has 1 rings (SSSR count). The van der Waals surface area contributed by atoms with Gasteiger partial charge in [0, 0.05) is 6.07 Å². The molecule has 1 aromatic carbocycles. The van der Waals surface area contributed by atoms with Crippen molar-refractivity contribution in [1.82, 2.24) is 0 Å². The van der Waals surface area contributed by atoms with E-state index in [2.05, 4.69) is 4.74 Å². The van der Waals surface area contributed by atoms with Gasteiger partial charge in [-0.25, -0.2) is 4.79 Å². The number of ether oxygens (including phenoxy) is 1. The van der Waals surface area contributed by atoms with Crippen LogP contribution in [-0.4, -0.2) is 29.1 Å². The summed E-state index contributed by atoms with van der Waals surface area (Å²) in [6.07, 6.45) is -0.190.